The minimum atomic E-state index is 0.703. The number of hydrogen-bond acceptors (Lipinski definition) is 0. The number of allylic oxidation sites excluding steroid dienone is 4. The molecule has 0 aromatic heterocycles. The molecule has 0 aromatic rings. The standard InChI is InChI=1S/C14H24/c1-9(2)7-8-14-12(5)10(3)11(4)13(14)6/h9,12H,7-8H2,1-6H3. The van der Waals surface area contributed by atoms with Gasteiger partial charge in [0, 0.05) is 0 Å². The van der Waals surface area contributed by atoms with Crippen LogP contribution in [-0.4, -0.2) is 0 Å². The predicted molar refractivity (Wildman–Crippen MR) is 64.3 cm³/mol. The van der Waals surface area contributed by atoms with Gasteiger partial charge in [-0.2, -0.15) is 0 Å². The van der Waals surface area contributed by atoms with E-state index in [1.165, 1.54) is 18.4 Å². The van der Waals surface area contributed by atoms with Gasteiger partial charge in [-0.25, -0.2) is 0 Å². The smallest absolute Gasteiger partial charge is 0.00126 e. The van der Waals surface area contributed by atoms with Crippen LogP contribution < -0.4 is 0 Å². The third-order valence-corrected chi connectivity index (χ3v) is 3.80. The molecule has 0 nitrogen and oxygen atoms in total. The van der Waals surface area contributed by atoms with E-state index in [-0.39, 0.29) is 0 Å². The Kier molecular flexibility index (Phi) is 3.58. The van der Waals surface area contributed by atoms with Gasteiger partial charge in [0.2, 0.25) is 0 Å². The Morgan fingerprint density at radius 3 is 2.00 bits per heavy atom. The highest BCUT2D eigenvalue weighted by atomic mass is 14.3. The summed E-state index contributed by atoms with van der Waals surface area (Å²) in [5.41, 5.74) is 6.38. The molecule has 14 heavy (non-hydrogen) atoms. The van der Waals surface area contributed by atoms with Gasteiger partial charge in [-0.05, 0) is 56.6 Å². The van der Waals surface area contributed by atoms with Crippen molar-refractivity contribution in [1.82, 2.24) is 0 Å². The van der Waals surface area contributed by atoms with E-state index in [0.29, 0.717) is 5.92 Å². The summed E-state index contributed by atoms with van der Waals surface area (Å²) in [7, 11) is 0. The van der Waals surface area contributed by atoms with Crippen molar-refractivity contribution in [3.63, 3.8) is 0 Å². The molecule has 1 aliphatic carbocycles. The zero-order chi connectivity index (χ0) is 10.9. The second kappa shape index (κ2) is 4.33. The first kappa shape index (κ1) is 11.6. The average Bonchev–Trinajstić information content (AvgIpc) is 2.29. The van der Waals surface area contributed by atoms with Crippen molar-refractivity contribution in [1.29, 1.82) is 0 Å². The van der Waals surface area contributed by atoms with Crippen LogP contribution in [0.3, 0.4) is 0 Å². The first-order chi connectivity index (χ1) is 6.45. The van der Waals surface area contributed by atoms with Gasteiger partial charge in [0.25, 0.3) is 0 Å². The van der Waals surface area contributed by atoms with Gasteiger partial charge in [0.15, 0.2) is 0 Å². The van der Waals surface area contributed by atoms with Crippen molar-refractivity contribution in [2.45, 2.75) is 54.4 Å². The predicted octanol–water partition coefficient (Wildman–Crippen LogP) is 4.73. The lowest BCUT2D eigenvalue weighted by Crippen LogP contribution is -1.99. The van der Waals surface area contributed by atoms with E-state index in [2.05, 4.69) is 41.5 Å². The average molecular weight is 192 g/mol. The normalized spacial score (nSPS) is 22.9. The Morgan fingerprint density at radius 2 is 1.64 bits per heavy atom. The molecule has 0 bridgehead atoms. The largest absolute Gasteiger partial charge is 0.0632 e. The molecule has 0 N–H and O–H groups in total. The first-order valence-corrected chi connectivity index (χ1v) is 5.82. The minimum Gasteiger partial charge on any atom is -0.0632 e. The van der Waals surface area contributed by atoms with Crippen molar-refractivity contribution in [3.8, 4) is 0 Å². The van der Waals surface area contributed by atoms with Gasteiger partial charge < -0.3 is 0 Å². The number of hydrogen-bond donors (Lipinski definition) is 0. The van der Waals surface area contributed by atoms with E-state index in [1.807, 2.05) is 0 Å². The zero-order valence-corrected chi connectivity index (χ0v) is 10.6. The lowest BCUT2D eigenvalue weighted by molar-refractivity contribution is 0.565. The SMILES string of the molecule is CC1=C(C)C(C)C(CCC(C)C)=C1C. The molecule has 0 saturated carbocycles. The van der Waals surface area contributed by atoms with Crippen LogP contribution in [-0.2, 0) is 0 Å². The molecule has 0 fully saturated rings. The maximum Gasteiger partial charge on any atom is -0.00126 e. The molecule has 1 unspecified atom stereocenters. The van der Waals surface area contributed by atoms with Crippen molar-refractivity contribution in [2.24, 2.45) is 11.8 Å². The van der Waals surface area contributed by atoms with Gasteiger partial charge in [-0.1, -0.05) is 31.9 Å². The molecule has 0 aromatic carbocycles. The Morgan fingerprint density at radius 1 is 1.07 bits per heavy atom. The van der Waals surface area contributed by atoms with Gasteiger partial charge in [0.1, 0.15) is 0 Å². The summed E-state index contributed by atoms with van der Waals surface area (Å²) in [5.74, 6) is 1.53. The Labute approximate surface area is 89.1 Å². The summed E-state index contributed by atoms with van der Waals surface area (Å²) in [5, 5.41) is 0. The summed E-state index contributed by atoms with van der Waals surface area (Å²) in [6.07, 6.45) is 2.62. The van der Waals surface area contributed by atoms with E-state index >= 15 is 0 Å². The minimum absolute atomic E-state index is 0.703. The lowest BCUT2D eigenvalue weighted by atomic mass is 9.92. The van der Waals surface area contributed by atoms with Gasteiger partial charge in [-0.15, -0.1) is 0 Å². The molecule has 0 amide bonds. The van der Waals surface area contributed by atoms with E-state index in [9.17, 15) is 0 Å². The summed E-state index contributed by atoms with van der Waals surface area (Å²) in [6, 6.07) is 0. The van der Waals surface area contributed by atoms with E-state index in [0.717, 1.165) is 5.92 Å². The fourth-order valence-electron chi connectivity index (χ4n) is 2.30. The molecule has 0 heterocycles. The van der Waals surface area contributed by atoms with Crippen LogP contribution in [0.15, 0.2) is 22.3 Å². The fraction of sp³-hybridized carbons (Fsp3) is 0.714. The topological polar surface area (TPSA) is 0 Å². The number of rotatable bonds is 3. The maximum atomic E-state index is 2.35. The molecule has 0 radical (unpaired) electrons. The van der Waals surface area contributed by atoms with Crippen LogP contribution in [0.2, 0.25) is 0 Å². The van der Waals surface area contributed by atoms with Crippen LogP contribution in [0.5, 0.6) is 0 Å². The second-order valence-electron chi connectivity index (χ2n) is 5.11. The van der Waals surface area contributed by atoms with E-state index in [4.69, 9.17) is 0 Å². The Balaban J connectivity index is 2.73. The molecular weight excluding hydrogens is 168 g/mol. The molecule has 1 rings (SSSR count). The maximum absolute atomic E-state index is 2.35. The molecule has 0 saturated heterocycles. The summed E-state index contributed by atoms with van der Waals surface area (Å²) in [6.45, 7) is 13.8. The fourth-order valence-corrected chi connectivity index (χ4v) is 2.30. The van der Waals surface area contributed by atoms with Crippen LogP contribution >= 0.6 is 0 Å². The third kappa shape index (κ3) is 2.10. The molecule has 1 atom stereocenters. The highest BCUT2D eigenvalue weighted by molar-refractivity contribution is 5.46. The highest BCUT2D eigenvalue weighted by Crippen LogP contribution is 2.39. The van der Waals surface area contributed by atoms with Crippen molar-refractivity contribution in [3.05, 3.63) is 22.3 Å². The van der Waals surface area contributed by atoms with Crippen molar-refractivity contribution >= 4 is 0 Å². The highest BCUT2D eigenvalue weighted by Gasteiger charge is 2.22. The Hall–Kier alpha value is -0.520. The molecule has 0 spiro atoms. The van der Waals surface area contributed by atoms with Gasteiger partial charge in [-0.3, -0.25) is 0 Å². The van der Waals surface area contributed by atoms with Crippen LogP contribution in [0.4, 0.5) is 0 Å². The second-order valence-corrected chi connectivity index (χ2v) is 5.11. The van der Waals surface area contributed by atoms with Crippen molar-refractivity contribution < 1.29 is 0 Å². The van der Waals surface area contributed by atoms with Crippen LogP contribution in [0, 0.1) is 11.8 Å². The van der Waals surface area contributed by atoms with Crippen LogP contribution in [0.25, 0.3) is 0 Å². The molecule has 1 aliphatic rings. The monoisotopic (exact) mass is 192 g/mol. The van der Waals surface area contributed by atoms with E-state index < -0.39 is 0 Å². The Bertz CT molecular complexity index is 276. The van der Waals surface area contributed by atoms with Crippen LogP contribution in [0.1, 0.15) is 54.4 Å². The third-order valence-electron chi connectivity index (χ3n) is 3.80. The van der Waals surface area contributed by atoms with Gasteiger partial charge in [0.05, 0.1) is 0 Å². The van der Waals surface area contributed by atoms with Crippen molar-refractivity contribution in [2.75, 3.05) is 0 Å². The molecule has 0 heteroatoms. The van der Waals surface area contributed by atoms with E-state index in [1.54, 1.807) is 16.7 Å². The first-order valence-electron chi connectivity index (χ1n) is 5.82. The summed E-state index contributed by atoms with van der Waals surface area (Å²) in [4.78, 5) is 0. The molecular formula is C14H24. The summed E-state index contributed by atoms with van der Waals surface area (Å²) >= 11 is 0. The zero-order valence-electron chi connectivity index (χ0n) is 10.6. The lowest BCUT2D eigenvalue weighted by Gasteiger charge is -2.13. The quantitative estimate of drug-likeness (QED) is 0.606. The molecule has 80 valence electrons. The molecule has 0 aliphatic heterocycles. The van der Waals surface area contributed by atoms with Gasteiger partial charge >= 0.3 is 0 Å². The summed E-state index contributed by atoms with van der Waals surface area (Å²) < 4.78 is 0.